The maximum atomic E-state index is 8.56. The van der Waals surface area contributed by atoms with Gasteiger partial charge in [0.2, 0.25) is 0 Å². The number of hydrogen-bond donors (Lipinski definition) is 2. The van der Waals surface area contributed by atoms with Crippen molar-refractivity contribution in [2.75, 3.05) is 0 Å². The molecule has 0 aromatic carbocycles. The van der Waals surface area contributed by atoms with Gasteiger partial charge in [0.05, 0.1) is 6.33 Å². The number of aromatic nitrogens is 2. The number of allylic oxidation sites excluding steroid dienone is 4. The molecule has 0 radical (unpaired) electrons. The molecule has 1 aliphatic carbocycles. The van der Waals surface area contributed by atoms with Gasteiger partial charge in [0.25, 0.3) is 0 Å². The molecule has 1 aliphatic rings. The SMILES string of the molecule is CC1=CC=CC(C)(Cn2ccnc2)C1.O=C(O)O. The highest BCUT2D eigenvalue weighted by Crippen LogP contribution is 2.32. The van der Waals surface area contributed by atoms with Gasteiger partial charge < -0.3 is 14.8 Å². The van der Waals surface area contributed by atoms with E-state index in [1.54, 1.807) is 0 Å². The minimum atomic E-state index is -1.83. The number of carboxylic acid groups (broad SMARTS) is 2. The summed E-state index contributed by atoms with van der Waals surface area (Å²) in [6.07, 6.45) is 11.7. The minimum absolute atomic E-state index is 0.250. The van der Waals surface area contributed by atoms with E-state index in [1.165, 1.54) is 5.57 Å². The standard InChI is InChI=1S/C12H16N2.CH2O3/c1-11-4-3-5-12(2,8-11)9-14-7-6-13-10-14;2-1(3)4/h3-7,10H,8-9H2,1-2H3;(H2,2,3,4). The van der Waals surface area contributed by atoms with E-state index >= 15 is 0 Å². The molecular formula is C13H18N2O3. The molecule has 0 bridgehead atoms. The van der Waals surface area contributed by atoms with Gasteiger partial charge in [-0.2, -0.15) is 0 Å². The van der Waals surface area contributed by atoms with Crippen LogP contribution in [0.3, 0.4) is 0 Å². The summed E-state index contributed by atoms with van der Waals surface area (Å²) in [7, 11) is 0. The Morgan fingerprint density at radius 3 is 2.72 bits per heavy atom. The lowest BCUT2D eigenvalue weighted by atomic mass is 9.80. The molecule has 1 heterocycles. The van der Waals surface area contributed by atoms with Crippen molar-refractivity contribution in [2.45, 2.75) is 26.8 Å². The van der Waals surface area contributed by atoms with Crippen LogP contribution in [0, 0.1) is 5.41 Å². The number of nitrogens with zero attached hydrogens (tertiary/aromatic N) is 2. The zero-order chi connectivity index (χ0) is 13.6. The Hall–Kier alpha value is -2.04. The molecule has 98 valence electrons. The van der Waals surface area contributed by atoms with E-state index in [0.717, 1.165) is 13.0 Å². The molecule has 1 aromatic heterocycles. The van der Waals surface area contributed by atoms with Crippen LogP contribution in [-0.2, 0) is 6.54 Å². The third kappa shape index (κ3) is 4.86. The molecular weight excluding hydrogens is 232 g/mol. The van der Waals surface area contributed by atoms with Gasteiger partial charge >= 0.3 is 6.16 Å². The summed E-state index contributed by atoms with van der Waals surface area (Å²) in [4.78, 5) is 12.6. The molecule has 0 saturated heterocycles. The van der Waals surface area contributed by atoms with Gasteiger partial charge in [-0.1, -0.05) is 30.7 Å². The van der Waals surface area contributed by atoms with E-state index in [0.29, 0.717) is 0 Å². The summed E-state index contributed by atoms with van der Waals surface area (Å²) in [5.41, 5.74) is 1.70. The number of carbonyl (C=O) groups is 1. The average Bonchev–Trinajstić information content (AvgIpc) is 2.67. The molecule has 0 aliphatic heterocycles. The van der Waals surface area contributed by atoms with E-state index in [2.05, 4.69) is 41.6 Å². The normalized spacial score (nSPS) is 21.8. The highest BCUT2D eigenvalue weighted by Gasteiger charge is 2.23. The van der Waals surface area contributed by atoms with Crippen LogP contribution in [0.4, 0.5) is 4.79 Å². The molecule has 5 heteroatoms. The lowest BCUT2D eigenvalue weighted by Crippen LogP contribution is -2.22. The molecule has 0 fully saturated rings. The van der Waals surface area contributed by atoms with Crippen LogP contribution >= 0.6 is 0 Å². The first-order valence-electron chi connectivity index (χ1n) is 5.64. The van der Waals surface area contributed by atoms with Crippen LogP contribution in [0.5, 0.6) is 0 Å². The van der Waals surface area contributed by atoms with Crippen LogP contribution in [0.15, 0.2) is 42.5 Å². The second-order valence-corrected chi connectivity index (χ2v) is 4.72. The molecule has 2 N–H and O–H groups in total. The first-order valence-corrected chi connectivity index (χ1v) is 5.64. The van der Waals surface area contributed by atoms with Crippen molar-refractivity contribution in [2.24, 2.45) is 5.41 Å². The second kappa shape index (κ2) is 6.05. The summed E-state index contributed by atoms with van der Waals surface area (Å²) in [6.45, 7) is 5.49. The fourth-order valence-corrected chi connectivity index (χ4v) is 2.11. The maximum Gasteiger partial charge on any atom is 0.503 e. The van der Waals surface area contributed by atoms with E-state index in [9.17, 15) is 0 Å². The molecule has 1 atom stereocenters. The predicted octanol–water partition coefficient (Wildman–Crippen LogP) is 3.02. The van der Waals surface area contributed by atoms with Crippen molar-refractivity contribution >= 4 is 6.16 Å². The highest BCUT2D eigenvalue weighted by atomic mass is 16.6. The van der Waals surface area contributed by atoms with Crippen molar-refractivity contribution in [3.8, 4) is 0 Å². The summed E-state index contributed by atoms with van der Waals surface area (Å²) in [5.74, 6) is 0. The lowest BCUT2D eigenvalue weighted by molar-refractivity contribution is 0.137. The third-order valence-electron chi connectivity index (χ3n) is 2.66. The Labute approximate surface area is 106 Å². The Balaban J connectivity index is 0.000000357. The zero-order valence-electron chi connectivity index (χ0n) is 10.6. The molecule has 18 heavy (non-hydrogen) atoms. The topological polar surface area (TPSA) is 75.4 Å². The largest absolute Gasteiger partial charge is 0.503 e. The Morgan fingerprint density at radius 1 is 1.56 bits per heavy atom. The fourth-order valence-electron chi connectivity index (χ4n) is 2.11. The fraction of sp³-hybridized carbons (Fsp3) is 0.385. The maximum absolute atomic E-state index is 8.56. The minimum Gasteiger partial charge on any atom is -0.450 e. The Kier molecular flexibility index (Phi) is 4.71. The quantitative estimate of drug-likeness (QED) is 0.846. The number of hydrogen-bond acceptors (Lipinski definition) is 2. The van der Waals surface area contributed by atoms with Gasteiger partial charge in [0.1, 0.15) is 0 Å². The predicted molar refractivity (Wildman–Crippen MR) is 68.5 cm³/mol. The van der Waals surface area contributed by atoms with Crippen molar-refractivity contribution in [1.82, 2.24) is 9.55 Å². The van der Waals surface area contributed by atoms with Gasteiger partial charge in [-0.15, -0.1) is 0 Å². The first kappa shape index (κ1) is 14.0. The van der Waals surface area contributed by atoms with E-state index in [4.69, 9.17) is 15.0 Å². The number of rotatable bonds is 2. The smallest absolute Gasteiger partial charge is 0.450 e. The van der Waals surface area contributed by atoms with E-state index in [1.807, 2.05) is 18.7 Å². The van der Waals surface area contributed by atoms with Crippen molar-refractivity contribution in [3.63, 3.8) is 0 Å². The van der Waals surface area contributed by atoms with Gasteiger partial charge in [0.15, 0.2) is 0 Å². The van der Waals surface area contributed by atoms with Gasteiger partial charge in [-0.3, -0.25) is 0 Å². The average molecular weight is 250 g/mol. The Bertz CT molecular complexity index is 445. The van der Waals surface area contributed by atoms with Crippen molar-refractivity contribution < 1.29 is 15.0 Å². The highest BCUT2D eigenvalue weighted by molar-refractivity contribution is 5.53. The van der Waals surface area contributed by atoms with Crippen molar-refractivity contribution in [1.29, 1.82) is 0 Å². The third-order valence-corrected chi connectivity index (χ3v) is 2.66. The zero-order valence-corrected chi connectivity index (χ0v) is 10.6. The summed E-state index contributed by atoms with van der Waals surface area (Å²) < 4.78 is 2.14. The van der Waals surface area contributed by atoms with Crippen LogP contribution in [0.2, 0.25) is 0 Å². The van der Waals surface area contributed by atoms with E-state index < -0.39 is 6.16 Å². The van der Waals surface area contributed by atoms with E-state index in [-0.39, 0.29) is 5.41 Å². The first-order chi connectivity index (χ1) is 8.41. The molecule has 1 unspecified atom stereocenters. The van der Waals surface area contributed by atoms with Crippen LogP contribution in [0.1, 0.15) is 20.3 Å². The van der Waals surface area contributed by atoms with Crippen LogP contribution < -0.4 is 0 Å². The molecule has 2 rings (SSSR count). The van der Waals surface area contributed by atoms with Crippen LogP contribution in [-0.4, -0.2) is 25.9 Å². The monoisotopic (exact) mass is 250 g/mol. The number of imidazole rings is 1. The summed E-state index contributed by atoms with van der Waals surface area (Å²) in [5, 5.41) is 13.9. The molecule has 1 aromatic rings. The van der Waals surface area contributed by atoms with Gasteiger partial charge in [-0.25, -0.2) is 9.78 Å². The Morgan fingerprint density at radius 2 is 2.22 bits per heavy atom. The van der Waals surface area contributed by atoms with Gasteiger partial charge in [-0.05, 0) is 13.3 Å². The summed E-state index contributed by atoms with van der Waals surface area (Å²) in [6, 6.07) is 0. The van der Waals surface area contributed by atoms with Crippen molar-refractivity contribution in [3.05, 3.63) is 42.5 Å². The summed E-state index contributed by atoms with van der Waals surface area (Å²) >= 11 is 0. The molecule has 5 nitrogen and oxygen atoms in total. The molecule has 0 spiro atoms. The van der Waals surface area contributed by atoms with Crippen LogP contribution in [0.25, 0.3) is 0 Å². The molecule has 0 saturated carbocycles. The van der Waals surface area contributed by atoms with Gasteiger partial charge in [0, 0.05) is 24.4 Å². The molecule has 0 amide bonds. The lowest BCUT2D eigenvalue weighted by Gasteiger charge is -2.29. The second-order valence-electron chi connectivity index (χ2n) is 4.72.